The van der Waals surface area contributed by atoms with Gasteiger partial charge >= 0.3 is 6.03 Å². The molecule has 0 radical (unpaired) electrons. The van der Waals surface area contributed by atoms with Crippen molar-refractivity contribution >= 4 is 11.9 Å². The molecule has 0 unspecified atom stereocenters. The molecule has 0 spiro atoms. The predicted molar refractivity (Wildman–Crippen MR) is 103 cm³/mol. The first-order valence-electron chi connectivity index (χ1n) is 9.51. The standard InChI is InChI=1S/C19H24F2N6O3/c1-30-8-7-22-17(28)16-12-26(25-24-16)11-15-9-19(20,21)13-27(15)18(29)23-10-14-5-3-2-4-6-14/h2-6,12,15H,7-11,13H2,1H3,(H,22,28)(H,23,29)/t15-/m0/s1. The van der Waals surface area contributed by atoms with Gasteiger partial charge in [0.1, 0.15) is 0 Å². The Labute approximate surface area is 172 Å². The smallest absolute Gasteiger partial charge is 0.318 e. The van der Waals surface area contributed by atoms with Gasteiger partial charge in [-0.2, -0.15) is 0 Å². The number of carbonyl (C=O) groups excluding carboxylic acids is 2. The average molecular weight is 422 g/mol. The number of aromatic nitrogens is 3. The molecular formula is C19H24F2N6O3. The summed E-state index contributed by atoms with van der Waals surface area (Å²) < 4.78 is 34.2. The Morgan fingerprint density at radius 2 is 2.03 bits per heavy atom. The lowest BCUT2D eigenvalue weighted by Gasteiger charge is -2.24. The maximum absolute atomic E-state index is 14.0. The Hall–Kier alpha value is -3.08. The lowest BCUT2D eigenvalue weighted by molar-refractivity contribution is 0.0145. The third kappa shape index (κ3) is 5.72. The van der Waals surface area contributed by atoms with Crippen molar-refractivity contribution in [1.82, 2.24) is 30.5 Å². The Morgan fingerprint density at radius 3 is 2.77 bits per heavy atom. The van der Waals surface area contributed by atoms with Crippen LogP contribution in [0.1, 0.15) is 22.5 Å². The van der Waals surface area contributed by atoms with Crippen molar-refractivity contribution in [2.24, 2.45) is 0 Å². The number of nitrogens with zero attached hydrogens (tertiary/aromatic N) is 4. The number of hydrogen-bond acceptors (Lipinski definition) is 5. The quantitative estimate of drug-likeness (QED) is 0.624. The van der Waals surface area contributed by atoms with Crippen LogP contribution in [0.4, 0.5) is 13.6 Å². The highest BCUT2D eigenvalue weighted by atomic mass is 19.3. The van der Waals surface area contributed by atoms with Gasteiger partial charge in [0.05, 0.1) is 31.9 Å². The molecule has 3 amide bonds. The molecule has 162 valence electrons. The van der Waals surface area contributed by atoms with Crippen molar-refractivity contribution in [2.75, 3.05) is 26.8 Å². The maximum Gasteiger partial charge on any atom is 0.318 e. The summed E-state index contributed by atoms with van der Waals surface area (Å²) in [5, 5.41) is 12.9. The first kappa shape index (κ1) is 21.6. The van der Waals surface area contributed by atoms with Gasteiger partial charge in [-0.25, -0.2) is 18.3 Å². The number of nitrogens with one attached hydrogen (secondary N) is 2. The zero-order valence-electron chi connectivity index (χ0n) is 16.6. The van der Waals surface area contributed by atoms with Gasteiger partial charge in [0.25, 0.3) is 11.8 Å². The molecule has 11 heteroatoms. The van der Waals surface area contributed by atoms with E-state index in [1.54, 1.807) is 0 Å². The summed E-state index contributed by atoms with van der Waals surface area (Å²) in [5.41, 5.74) is 0.935. The lowest BCUT2D eigenvalue weighted by atomic mass is 10.2. The van der Waals surface area contributed by atoms with Crippen molar-refractivity contribution in [3.8, 4) is 0 Å². The minimum atomic E-state index is -2.99. The van der Waals surface area contributed by atoms with Crippen molar-refractivity contribution in [3.63, 3.8) is 0 Å². The molecule has 1 fully saturated rings. The molecule has 1 aliphatic rings. The Kier molecular flexibility index (Phi) is 6.93. The molecule has 0 bridgehead atoms. The number of methoxy groups -OCH3 is 1. The van der Waals surface area contributed by atoms with Crippen molar-refractivity contribution < 1.29 is 23.1 Å². The largest absolute Gasteiger partial charge is 0.383 e. The minimum Gasteiger partial charge on any atom is -0.383 e. The SMILES string of the molecule is COCCNC(=O)c1cn(C[C@@H]2CC(F)(F)CN2C(=O)NCc2ccccc2)nn1. The molecule has 1 atom stereocenters. The van der Waals surface area contributed by atoms with E-state index >= 15 is 0 Å². The molecule has 2 heterocycles. The molecule has 1 aromatic carbocycles. The van der Waals surface area contributed by atoms with Crippen molar-refractivity contribution in [2.45, 2.75) is 31.5 Å². The van der Waals surface area contributed by atoms with Crippen LogP contribution in [-0.4, -0.2) is 70.6 Å². The first-order valence-corrected chi connectivity index (χ1v) is 9.51. The number of urea groups is 1. The van der Waals surface area contributed by atoms with E-state index in [0.717, 1.165) is 10.5 Å². The fraction of sp³-hybridized carbons (Fsp3) is 0.474. The molecule has 2 aromatic rings. The van der Waals surface area contributed by atoms with Gasteiger partial charge in [0.2, 0.25) is 0 Å². The summed E-state index contributed by atoms with van der Waals surface area (Å²) in [6.45, 7) is 0.240. The molecular weight excluding hydrogens is 398 g/mol. The second kappa shape index (κ2) is 9.61. The second-order valence-electron chi connectivity index (χ2n) is 7.06. The van der Waals surface area contributed by atoms with Gasteiger partial charge < -0.3 is 20.3 Å². The number of carbonyl (C=O) groups is 2. The van der Waals surface area contributed by atoms with Gasteiger partial charge in [-0.3, -0.25) is 4.79 Å². The summed E-state index contributed by atoms with van der Waals surface area (Å²) in [7, 11) is 1.52. The van der Waals surface area contributed by atoms with Crippen LogP contribution in [0.25, 0.3) is 0 Å². The van der Waals surface area contributed by atoms with Gasteiger partial charge in [-0.1, -0.05) is 35.5 Å². The second-order valence-corrected chi connectivity index (χ2v) is 7.06. The third-order valence-corrected chi connectivity index (χ3v) is 4.68. The van der Waals surface area contributed by atoms with Gasteiger partial charge in [0, 0.05) is 26.6 Å². The van der Waals surface area contributed by atoms with E-state index in [-0.39, 0.29) is 18.8 Å². The molecule has 1 saturated heterocycles. The highest BCUT2D eigenvalue weighted by Gasteiger charge is 2.47. The zero-order chi connectivity index (χ0) is 21.6. The molecule has 30 heavy (non-hydrogen) atoms. The lowest BCUT2D eigenvalue weighted by Crippen LogP contribution is -2.44. The van der Waals surface area contributed by atoms with Crippen LogP contribution in [0.3, 0.4) is 0 Å². The van der Waals surface area contributed by atoms with Crippen LogP contribution < -0.4 is 10.6 Å². The Bertz CT molecular complexity index is 861. The molecule has 1 aromatic heterocycles. The van der Waals surface area contributed by atoms with Crippen molar-refractivity contribution in [1.29, 1.82) is 0 Å². The normalized spacial score (nSPS) is 17.7. The number of likely N-dealkylation sites (tertiary alicyclic amines) is 1. The molecule has 1 aliphatic heterocycles. The number of benzene rings is 1. The van der Waals surface area contributed by atoms with E-state index in [0.29, 0.717) is 13.2 Å². The highest BCUT2D eigenvalue weighted by molar-refractivity contribution is 5.91. The van der Waals surface area contributed by atoms with Crippen molar-refractivity contribution in [3.05, 3.63) is 47.8 Å². The van der Waals surface area contributed by atoms with Crippen LogP contribution in [-0.2, 0) is 17.8 Å². The van der Waals surface area contributed by atoms with Gasteiger partial charge in [-0.15, -0.1) is 5.10 Å². The number of rotatable bonds is 8. The predicted octanol–water partition coefficient (Wildman–Crippen LogP) is 1.27. The number of hydrogen-bond donors (Lipinski definition) is 2. The minimum absolute atomic E-state index is 0.00664. The van der Waals surface area contributed by atoms with E-state index in [1.165, 1.54) is 18.0 Å². The Morgan fingerprint density at radius 1 is 1.27 bits per heavy atom. The monoisotopic (exact) mass is 422 g/mol. The number of amides is 3. The fourth-order valence-corrected chi connectivity index (χ4v) is 3.24. The summed E-state index contributed by atoms with van der Waals surface area (Å²) in [6, 6.07) is 7.85. The fourth-order valence-electron chi connectivity index (χ4n) is 3.24. The van der Waals surface area contributed by atoms with E-state index in [4.69, 9.17) is 4.74 Å². The molecule has 3 rings (SSSR count). The average Bonchev–Trinajstić information content (AvgIpc) is 3.31. The zero-order valence-corrected chi connectivity index (χ0v) is 16.6. The van der Waals surface area contributed by atoms with Crippen LogP contribution in [0.15, 0.2) is 36.5 Å². The molecule has 0 saturated carbocycles. The van der Waals surface area contributed by atoms with E-state index in [2.05, 4.69) is 20.9 Å². The molecule has 0 aliphatic carbocycles. The molecule has 2 N–H and O–H groups in total. The van der Waals surface area contributed by atoms with E-state index in [9.17, 15) is 18.4 Å². The Balaban J connectivity index is 1.60. The van der Waals surface area contributed by atoms with Crippen LogP contribution in [0.5, 0.6) is 0 Å². The van der Waals surface area contributed by atoms with Crippen LogP contribution >= 0.6 is 0 Å². The maximum atomic E-state index is 14.0. The number of ether oxygens (including phenoxy) is 1. The van der Waals surface area contributed by atoms with Gasteiger partial charge in [-0.05, 0) is 5.56 Å². The van der Waals surface area contributed by atoms with Crippen LogP contribution in [0.2, 0.25) is 0 Å². The van der Waals surface area contributed by atoms with Crippen LogP contribution in [0, 0.1) is 0 Å². The van der Waals surface area contributed by atoms with E-state index in [1.807, 2.05) is 30.3 Å². The third-order valence-electron chi connectivity index (χ3n) is 4.68. The number of halogens is 2. The summed E-state index contributed by atoms with van der Waals surface area (Å²) in [6.07, 6.45) is 0.889. The summed E-state index contributed by atoms with van der Waals surface area (Å²) in [4.78, 5) is 25.6. The number of alkyl halides is 2. The topological polar surface area (TPSA) is 101 Å². The van der Waals surface area contributed by atoms with Gasteiger partial charge in [0.15, 0.2) is 5.69 Å². The molecule has 9 nitrogen and oxygen atoms in total. The highest BCUT2D eigenvalue weighted by Crippen LogP contribution is 2.32. The first-order chi connectivity index (χ1) is 14.4. The summed E-state index contributed by atoms with van der Waals surface area (Å²) >= 11 is 0. The van der Waals surface area contributed by atoms with E-state index < -0.39 is 36.9 Å². The summed E-state index contributed by atoms with van der Waals surface area (Å²) in [5.74, 6) is -3.43.